The number of nitrogens with zero attached hydrogens (tertiary/aromatic N) is 7. The van der Waals surface area contributed by atoms with E-state index in [0.29, 0.717) is 0 Å². The summed E-state index contributed by atoms with van der Waals surface area (Å²) in [5.41, 5.74) is 1.86. The van der Waals surface area contributed by atoms with Crippen LogP contribution in [-0.4, -0.2) is 57.6 Å². The van der Waals surface area contributed by atoms with E-state index in [4.69, 9.17) is 4.98 Å². The lowest BCUT2D eigenvalue weighted by Crippen LogP contribution is -2.47. The number of hydrogen-bond acceptors (Lipinski definition) is 8. The highest BCUT2D eigenvalue weighted by molar-refractivity contribution is 5.88. The van der Waals surface area contributed by atoms with Crippen LogP contribution in [0.25, 0.3) is 10.9 Å². The molecule has 3 aromatic rings. The Hall–Kier alpha value is -3.03. The Morgan fingerprint density at radius 2 is 1.78 bits per heavy atom. The molecule has 4 heterocycles. The second-order valence-corrected chi connectivity index (χ2v) is 6.69. The van der Waals surface area contributed by atoms with Crippen molar-refractivity contribution in [3.05, 3.63) is 36.0 Å². The van der Waals surface area contributed by atoms with Gasteiger partial charge < -0.3 is 15.1 Å². The van der Waals surface area contributed by atoms with Crippen molar-refractivity contribution in [1.29, 1.82) is 0 Å². The second-order valence-electron chi connectivity index (χ2n) is 6.69. The monoisotopic (exact) mass is 364 g/mol. The van der Waals surface area contributed by atoms with E-state index in [2.05, 4.69) is 42.0 Å². The maximum absolute atomic E-state index is 4.70. The van der Waals surface area contributed by atoms with E-state index in [1.165, 1.54) is 0 Å². The summed E-state index contributed by atoms with van der Waals surface area (Å²) >= 11 is 0. The highest BCUT2D eigenvalue weighted by Crippen LogP contribution is 2.25. The third kappa shape index (κ3) is 3.60. The van der Waals surface area contributed by atoms with E-state index >= 15 is 0 Å². The number of aromatic nitrogens is 5. The molecule has 1 aliphatic rings. The zero-order valence-electron chi connectivity index (χ0n) is 16.0. The standard InChI is InChI=1S/C19H24N8/c1-4-21-17-11-13(2)22-19(25-17)27-9-7-26(8-10-27)18-15-5-6-20-12-16(15)23-14(3)24-18/h5-6,11-12H,4,7-10H2,1-3H3,(H,21,22,25). The molecule has 0 bridgehead atoms. The van der Waals surface area contributed by atoms with Gasteiger partial charge in [0, 0.05) is 56.1 Å². The molecule has 0 spiro atoms. The number of anilines is 3. The maximum atomic E-state index is 4.70. The largest absolute Gasteiger partial charge is 0.370 e. The molecule has 0 amide bonds. The molecule has 0 aliphatic carbocycles. The second kappa shape index (κ2) is 7.30. The number of rotatable bonds is 4. The molecule has 1 aliphatic heterocycles. The quantitative estimate of drug-likeness (QED) is 0.754. The van der Waals surface area contributed by atoms with Crippen molar-refractivity contribution in [1.82, 2.24) is 24.9 Å². The molecule has 0 unspecified atom stereocenters. The highest BCUT2D eigenvalue weighted by atomic mass is 15.3. The van der Waals surface area contributed by atoms with E-state index < -0.39 is 0 Å². The summed E-state index contributed by atoms with van der Waals surface area (Å²) in [6.07, 6.45) is 3.59. The molecule has 1 N–H and O–H groups in total. The van der Waals surface area contributed by atoms with Crippen molar-refractivity contribution in [3.63, 3.8) is 0 Å². The highest BCUT2D eigenvalue weighted by Gasteiger charge is 2.22. The zero-order chi connectivity index (χ0) is 18.8. The SMILES string of the molecule is CCNc1cc(C)nc(N2CCN(c3nc(C)nc4cnccc34)CC2)n1. The van der Waals surface area contributed by atoms with Gasteiger partial charge in [0.1, 0.15) is 17.5 Å². The molecule has 0 radical (unpaired) electrons. The molecule has 0 aromatic carbocycles. The van der Waals surface area contributed by atoms with Crippen LogP contribution in [0.5, 0.6) is 0 Å². The Labute approximate surface area is 158 Å². The average Bonchev–Trinajstić information content (AvgIpc) is 2.67. The minimum Gasteiger partial charge on any atom is -0.370 e. The molecular weight excluding hydrogens is 340 g/mol. The number of nitrogens with one attached hydrogen (secondary N) is 1. The fourth-order valence-corrected chi connectivity index (χ4v) is 3.40. The molecule has 8 nitrogen and oxygen atoms in total. The van der Waals surface area contributed by atoms with Gasteiger partial charge in [-0.2, -0.15) is 4.98 Å². The fourth-order valence-electron chi connectivity index (χ4n) is 3.40. The van der Waals surface area contributed by atoms with Gasteiger partial charge >= 0.3 is 0 Å². The lowest BCUT2D eigenvalue weighted by atomic mass is 10.2. The van der Waals surface area contributed by atoms with E-state index in [1.807, 2.05) is 26.0 Å². The van der Waals surface area contributed by atoms with Crippen molar-refractivity contribution in [2.24, 2.45) is 0 Å². The molecule has 1 fully saturated rings. The van der Waals surface area contributed by atoms with Gasteiger partial charge in [-0.25, -0.2) is 15.0 Å². The summed E-state index contributed by atoms with van der Waals surface area (Å²) in [6.45, 7) is 10.3. The Bertz CT molecular complexity index is 950. The van der Waals surface area contributed by atoms with Crippen LogP contribution < -0.4 is 15.1 Å². The van der Waals surface area contributed by atoms with Crippen molar-refractivity contribution in [2.75, 3.05) is 47.8 Å². The van der Waals surface area contributed by atoms with Gasteiger partial charge in [-0.05, 0) is 26.8 Å². The van der Waals surface area contributed by atoms with Crippen LogP contribution in [0.3, 0.4) is 0 Å². The lowest BCUT2D eigenvalue weighted by Gasteiger charge is -2.36. The first-order chi connectivity index (χ1) is 13.1. The summed E-state index contributed by atoms with van der Waals surface area (Å²) in [5.74, 6) is 3.43. The number of piperazine rings is 1. The van der Waals surface area contributed by atoms with Crippen molar-refractivity contribution in [3.8, 4) is 0 Å². The van der Waals surface area contributed by atoms with Crippen LogP contribution >= 0.6 is 0 Å². The van der Waals surface area contributed by atoms with Gasteiger partial charge in [0.05, 0.1) is 11.7 Å². The molecule has 1 saturated heterocycles. The normalized spacial score (nSPS) is 14.6. The van der Waals surface area contributed by atoms with Crippen LogP contribution in [0, 0.1) is 13.8 Å². The van der Waals surface area contributed by atoms with Crippen LogP contribution in [0.2, 0.25) is 0 Å². The zero-order valence-corrected chi connectivity index (χ0v) is 16.0. The molecule has 0 saturated carbocycles. The Morgan fingerprint density at radius 1 is 1.00 bits per heavy atom. The van der Waals surface area contributed by atoms with E-state index in [-0.39, 0.29) is 0 Å². The first-order valence-corrected chi connectivity index (χ1v) is 9.32. The summed E-state index contributed by atoms with van der Waals surface area (Å²) in [4.78, 5) is 27.2. The fraction of sp³-hybridized carbons (Fsp3) is 0.421. The Morgan fingerprint density at radius 3 is 2.56 bits per heavy atom. The molecule has 4 rings (SSSR count). The molecule has 140 valence electrons. The van der Waals surface area contributed by atoms with Crippen LogP contribution in [0.1, 0.15) is 18.4 Å². The van der Waals surface area contributed by atoms with Crippen LogP contribution in [0.4, 0.5) is 17.6 Å². The summed E-state index contributed by atoms with van der Waals surface area (Å²) in [6, 6.07) is 3.97. The number of fused-ring (bicyclic) bond motifs is 1. The molecule has 0 atom stereocenters. The Balaban J connectivity index is 1.55. The van der Waals surface area contributed by atoms with Gasteiger partial charge in [0.25, 0.3) is 0 Å². The number of pyridine rings is 1. The van der Waals surface area contributed by atoms with Crippen molar-refractivity contribution < 1.29 is 0 Å². The minimum absolute atomic E-state index is 0.769. The van der Waals surface area contributed by atoms with E-state index in [1.54, 1.807) is 12.4 Å². The molecule has 3 aromatic heterocycles. The van der Waals surface area contributed by atoms with Gasteiger partial charge in [-0.1, -0.05) is 0 Å². The third-order valence-electron chi connectivity index (χ3n) is 4.65. The predicted molar refractivity (Wildman–Crippen MR) is 107 cm³/mol. The molecule has 27 heavy (non-hydrogen) atoms. The topological polar surface area (TPSA) is 83.0 Å². The minimum atomic E-state index is 0.769. The van der Waals surface area contributed by atoms with E-state index in [9.17, 15) is 0 Å². The number of aryl methyl sites for hydroxylation is 2. The van der Waals surface area contributed by atoms with E-state index in [0.717, 1.165) is 72.7 Å². The van der Waals surface area contributed by atoms with Gasteiger partial charge in [0.2, 0.25) is 5.95 Å². The Kier molecular flexibility index (Phi) is 4.70. The summed E-state index contributed by atoms with van der Waals surface area (Å²) in [7, 11) is 0. The maximum Gasteiger partial charge on any atom is 0.227 e. The summed E-state index contributed by atoms with van der Waals surface area (Å²) < 4.78 is 0. The van der Waals surface area contributed by atoms with Crippen molar-refractivity contribution in [2.45, 2.75) is 20.8 Å². The lowest BCUT2D eigenvalue weighted by molar-refractivity contribution is 0.634. The van der Waals surface area contributed by atoms with Gasteiger partial charge in [-0.3, -0.25) is 4.98 Å². The van der Waals surface area contributed by atoms with Crippen LogP contribution in [0.15, 0.2) is 24.5 Å². The first-order valence-electron chi connectivity index (χ1n) is 9.32. The third-order valence-corrected chi connectivity index (χ3v) is 4.65. The average molecular weight is 364 g/mol. The predicted octanol–water partition coefficient (Wildman–Crippen LogP) is 2.19. The van der Waals surface area contributed by atoms with Crippen molar-refractivity contribution >= 4 is 28.5 Å². The van der Waals surface area contributed by atoms with Gasteiger partial charge in [0.15, 0.2) is 0 Å². The molecule has 8 heteroatoms. The smallest absolute Gasteiger partial charge is 0.227 e. The van der Waals surface area contributed by atoms with Gasteiger partial charge in [-0.15, -0.1) is 0 Å². The summed E-state index contributed by atoms with van der Waals surface area (Å²) in [5, 5.41) is 4.32. The first kappa shape index (κ1) is 17.4. The number of hydrogen-bond donors (Lipinski definition) is 1. The molecular formula is C19H24N8. The van der Waals surface area contributed by atoms with Crippen LogP contribution in [-0.2, 0) is 0 Å².